The first-order chi connectivity index (χ1) is 10.5. The molecule has 0 spiro atoms. The quantitative estimate of drug-likeness (QED) is 0.475. The third-order valence-corrected chi connectivity index (χ3v) is 2.89. The van der Waals surface area contributed by atoms with Crippen molar-refractivity contribution in [3.8, 4) is 0 Å². The minimum Gasteiger partial charge on any atom is -0.466 e. The summed E-state index contributed by atoms with van der Waals surface area (Å²) in [5.41, 5.74) is 2.29. The summed E-state index contributed by atoms with van der Waals surface area (Å²) in [6.45, 7) is 0. The number of amides is 2. The maximum Gasteiger partial charge on any atom is 0.356 e. The lowest BCUT2D eigenvalue weighted by atomic mass is 10.1. The van der Waals surface area contributed by atoms with E-state index < -0.39 is 29.5 Å². The lowest BCUT2D eigenvalue weighted by Gasteiger charge is -2.17. The first kappa shape index (κ1) is 15.2. The molecule has 0 fully saturated rings. The summed E-state index contributed by atoms with van der Waals surface area (Å²) in [5.74, 6) is -3.05. The fourth-order valence-electron chi connectivity index (χ4n) is 1.83. The van der Waals surface area contributed by atoms with Crippen molar-refractivity contribution in [2.75, 3.05) is 14.2 Å². The third kappa shape index (κ3) is 2.66. The Bertz CT molecular complexity index is 659. The van der Waals surface area contributed by atoms with Gasteiger partial charge in [-0.2, -0.15) is 5.01 Å². The van der Waals surface area contributed by atoms with Crippen molar-refractivity contribution in [3.05, 3.63) is 47.2 Å². The molecule has 114 valence electrons. The van der Waals surface area contributed by atoms with Crippen molar-refractivity contribution in [1.82, 2.24) is 10.4 Å². The van der Waals surface area contributed by atoms with Crippen molar-refractivity contribution < 1.29 is 28.7 Å². The summed E-state index contributed by atoms with van der Waals surface area (Å²) in [6, 6.07) is 6.19. The maximum atomic E-state index is 12.2. The third-order valence-electron chi connectivity index (χ3n) is 2.89. The van der Waals surface area contributed by atoms with E-state index in [9.17, 15) is 19.2 Å². The van der Waals surface area contributed by atoms with Crippen LogP contribution in [0.1, 0.15) is 20.7 Å². The van der Waals surface area contributed by atoms with E-state index in [1.54, 1.807) is 12.1 Å². The number of benzene rings is 1. The van der Waals surface area contributed by atoms with Crippen molar-refractivity contribution in [1.29, 1.82) is 0 Å². The number of ether oxygens (including phenoxy) is 2. The van der Waals surface area contributed by atoms with Crippen molar-refractivity contribution in [2.24, 2.45) is 0 Å². The zero-order valence-corrected chi connectivity index (χ0v) is 11.8. The number of hydrogen-bond acceptors (Lipinski definition) is 7. The molecule has 8 nitrogen and oxygen atoms in total. The van der Waals surface area contributed by atoms with Gasteiger partial charge in [-0.15, -0.1) is 0 Å². The molecule has 0 saturated carbocycles. The molecule has 1 aliphatic rings. The van der Waals surface area contributed by atoms with Crippen LogP contribution in [0.3, 0.4) is 0 Å². The number of hydrogen-bond donors (Lipinski definition) is 1. The van der Waals surface area contributed by atoms with Gasteiger partial charge >= 0.3 is 11.9 Å². The highest BCUT2D eigenvalue weighted by atomic mass is 16.5. The van der Waals surface area contributed by atoms with Gasteiger partial charge in [0.25, 0.3) is 11.8 Å². The van der Waals surface area contributed by atoms with Crippen molar-refractivity contribution >= 4 is 23.8 Å². The number of carbonyl (C=O) groups excluding carboxylic acids is 4. The van der Waals surface area contributed by atoms with Gasteiger partial charge in [0.15, 0.2) is 0 Å². The molecule has 22 heavy (non-hydrogen) atoms. The summed E-state index contributed by atoms with van der Waals surface area (Å²) in [6.07, 6.45) is 0.787. The molecule has 0 radical (unpaired) electrons. The fourth-order valence-corrected chi connectivity index (χ4v) is 1.83. The van der Waals surface area contributed by atoms with E-state index >= 15 is 0 Å². The second-order valence-corrected chi connectivity index (χ2v) is 4.18. The monoisotopic (exact) mass is 304 g/mol. The predicted molar refractivity (Wildman–Crippen MR) is 72.2 cm³/mol. The lowest BCUT2D eigenvalue weighted by Crippen LogP contribution is -2.44. The first-order valence-electron chi connectivity index (χ1n) is 6.12. The van der Waals surface area contributed by atoms with Crippen LogP contribution in [0, 0.1) is 0 Å². The van der Waals surface area contributed by atoms with Crippen molar-refractivity contribution in [3.63, 3.8) is 0 Å². The highest BCUT2D eigenvalue weighted by Crippen LogP contribution is 2.21. The Kier molecular flexibility index (Phi) is 4.21. The van der Waals surface area contributed by atoms with Crippen LogP contribution in [0.15, 0.2) is 36.0 Å². The smallest absolute Gasteiger partial charge is 0.356 e. The molecule has 2 rings (SSSR count). The molecule has 0 aliphatic carbocycles. The summed E-state index contributed by atoms with van der Waals surface area (Å²) in [7, 11) is 2.22. The van der Waals surface area contributed by atoms with Gasteiger partial charge in [0.2, 0.25) is 0 Å². The average Bonchev–Trinajstić information content (AvgIpc) is 2.78. The Morgan fingerprint density at radius 1 is 1.05 bits per heavy atom. The summed E-state index contributed by atoms with van der Waals surface area (Å²) < 4.78 is 8.89. The summed E-state index contributed by atoms with van der Waals surface area (Å²) >= 11 is 0. The van der Waals surface area contributed by atoms with E-state index in [2.05, 4.69) is 14.9 Å². The van der Waals surface area contributed by atoms with Gasteiger partial charge in [-0.05, 0) is 12.1 Å². The minimum atomic E-state index is -0.929. The van der Waals surface area contributed by atoms with Crippen LogP contribution in [0.4, 0.5) is 0 Å². The van der Waals surface area contributed by atoms with Gasteiger partial charge in [-0.3, -0.25) is 15.0 Å². The zero-order valence-electron chi connectivity index (χ0n) is 11.8. The number of nitrogens with one attached hydrogen (secondary N) is 1. The number of fused-ring (bicyclic) bond motifs is 1. The molecule has 1 aromatic carbocycles. The summed E-state index contributed by atoms with van der Waals surface area (Å²) in [4.78, 5) is 47.2. The van der Waals surface area contributed by atoms with E-state index in [0.717, 1.165) is 20.3 Å². The highest BCUT2D eigenvalue weighted by molar-refractivity contribution is 6.21. The number of carbonyl (C=O) groups is 4. The van der Waals surface area contributed by atoms with Gasteiger partial charge in [-0.1, -0.05) is 12.1 Å². The van der Waals surface area contributed by atoms with E-state index in [1.165, 1.54) is 12.1 Å². The van der Waals surface area contributed by atoms with Crippen molar-refractivity contribution in [2.45, 2.75) is 0 Å². The van der Waals surface area contributed by atoms with E-state index in [0.29, 0.717) is 5.01 Å². The lowest BCUT2D eigenvalue weighted by molar-refractivity contribution is -0.139. The second-order valence-electron chi connectivity index (χ2n) is 4.18. The Morgan fingerprint density at radius 2 is 1.59 bits per heavy atom. The molecule has 1 aliphatic heterocycles. The molecule has 0 saturated heterocycles. The Balaban J connectivity index is 2.31. The fraction of sp³-hybridized carbons (Fsp3) is 0.143. The number of imide groups is 1. The highest BCUT2D eigenvalue weighted by Gasteiger charge is 2.36. The number of nitrogens with zero attached hydrogens (tertiary/aromatic N) is 1. The average molecular weight is 304 g/mol. The number of esters is 2. The molecule has 0 unspecified atom stereocenters. The number of hydrazine groups is 1. The van der Waals surface area contributed by atoms with Crippen LogP contribution in [0.2, 0.25) is 0 Å². The van der Waals surface area contributed by atoms with Crippen LogP contribution in [0.25, 0.3) is 0 Å². The predicted octanol–water partition coefficient (Wildman–Crippen LogP) is 0.0171. The number of methoxy groups -OCH3 is 2. The Hall–Kier alpha value is -3.16. The van der Waals surface area contributed by atoms with E-state index in [4.69, 9.17) is 0 Å². The van der Waals surface area contributed by atoms with Crippen LogP contribution in [-0.4, -0.2) is 43.0 Å². The van der Waals surface area contributed by atoms with Gasteiger partial charge in [0, 0.05) is 0 Å². The molecule has 0 aromatic heterocycles. The molecular formula is C14H12N2O6. The Morgan fingerprint density at radius 3 is 2.05 bits per heavy atom. The molecule has 1 aromatic rings. The van der Waals surface area contributed by atoms with Gasteiger partial charge in [-0.25, -0.2) is 9.59 Å². The van der Waals surface area contributed by atoms with Crippen LogP contribution in [-0.2, 0) is 19.1 Å². The van der Waals surface area contributed by atoms with Crippen LogP contribution < -0.4 is 5.43 Å². The molecule has 1 heterocycles. The van der Waals surface area contributed by atoms with Gasteiger partial charge in [0.1, 0.15) is 5.70 Å². The second kappa shape index (κ2) is 6.08. The van der Waals surface area contributed by atoms with Gasteiger partial charge in [0.05, 0.1) is 31.4 Å². The first-order valence-corrected chi connectivity index (χ1v) is 6.12. The molecule has 8 heteroatoms. The molecule has 2 amide bonds. The maximum absolute atomic E-state index is 12.2. The molecular weight excluding hydrogens is 292 g/mol. The molecule has 0 bridgehead atoms. The minimum absolute atomic E-state index is 0.197. The van der Waals surface area contributed by atoms with Crippen LogP contribution in [0.5, 0.6) is 0 Å². The van der Waals surface area contributed by atoms with Gasteiger partial charge < -0.3 is 9.47 Å². The normalized spacial score (nSPS) is 13.7. The zero-order chi connectivity index (χ0) is 16.3. The SMILES string of the molecule is COC(=O)/C=C(/NN1C(=O)c2ccccc2C1=O)C(=O)OC. The number of rotatable bonds is 4. The van der Waals surface area contributed by atoms with E-state index in [-0.39, 0.29) is 11.1 Å². The standard InChI is InChI=1S/C14H12N2O6/c1-21-11(17)7-10(14(20)22-2)15-16-12(18)8-5-3-4-6-9(8)13(16)19/h3-7,15H,1-2H3/b10-7+. The topological polar surface area (TPSA) is 102 Å². The molecule has 0 atom stereocenters. The summed E-state index contributed by atoms with van der Waals surface area (Å²) in [5, 5.41) is 0.635. The molecule has 1 N–H and O–H groups in total. The largest absolute Gasteiger partial charge is 0.466 e. The van der Waals surface area contributed by atoms with E-state index in [1.807, 2.05) is 0 Å². The van der Waals surface area contributed by atoms with Crippen LogP contribution >= 0.6 is 0 Å². The Labute approximate surface area is 125 Å².